The van der Waals surface area contributed by atoms with Crippen LogP contribution in [0.4, 0.5) is 17.6 Å². The summed E-state index contributed by atoms with van der Waals surface area (Å²) < 4.78 is 91.5. The number of rotatable bonds is 3. The molecule has 1 aromatic heterocycles. The molecule has 1 fully saturated rings. The number of ether oxygens (including phenoxy) is 1. The molecule has 3 rings (SSSR count). The molecule has 4 nitrogen and oxygen atoms in total. The minimum absolute atomic E-state index is 0.198. The molecule has 0 amide bonds. The summed E-state index contributed by atoms with van der Waals surface area (Å²) in [6.07, 6.45) is -4.64. The van der Waals surface area contributed by atoms with Crippen LogP contribution in [0.15, 0.2) is 11.0 Å². The molecule has 23 heavy (non-hydrogen) atoms. The zero-order valence-corrected chi connectivity index (χ0v) is 11.5. The fraction of sp³-hybridized carbons (Fsp3) is 0.333. The van der Waals surface area contributed by atoms with Gasteiger partial charge in [-0.3, -0.25) is 4.79 Å². The number of hydrogen-bond acceptors (Lipinski definition) is 3. The summed E-state index contributed by atoms with van der Waals surface area (Å²) >= 11 is 0. The topological polar surface area (TPSA) is 48.3 Å². The van der Waals surface area contributed by atoms with Crippen molar-refractivity contribution in [2.75, 3.05) is 6.61 Å². The lowest BCUT2D eigenvalue weighted by Gasteiger charge is -2.14. The predicted octanol–water partition coefficient (Wildman–Crippen LogP) is 3.07. The van der Waals surface area contributed by atoms with Crippen LogP contribution in [-0.4, -0.2) is 17.1 Å². The van der Waals surface area contributed by atoms with Gasteiger partial charge in [0.1, 0.15) is 5.56 Å². The van der Waals surface area contributed by atoms with Gasteiger partial charge in [0, 0.05) is 17.7 Å². The van der Waals surface area contributed by atoms with E-state index in [0.717, 1.165) is 0 Å². The second-order valence-electron chi connectivity index (χ2n) is 4.67. The molecular formula is C15H11F4NO3. The minimum atomic E-state index is -2.60. The molecule has 8 heteroatoms. The highest BCUT2D eigenvalue weighted by Crippen LogP contribution is 2.38. The lowest BCUT2D eigenvalue weighted by atomic mass is 10.1. The number of fused-ring (bicyclic) bond motifs is 1. The number of aromatic nitrogens is 1. The lowest BCUT2D eigenvalue weighted by Crippen LogP contribution is -2.23. The van der Waals surface area contributed by atoms with Crippen molar-refractivity contribution in [3.05, 3.63) is 45.3 Å². The van der Waals surface area contributed by atoms with E-state index in [1.807, 2.05) is 0 Å². The average Bonchev–Trinajstić information content (AvgIpc) is 2.99. The van der Waals surface area contributed by atoms with E-state index < -0.39 is 69.9 Å². The van der Waals surface area contributed by atoms with Gasteiger partial charge in [-0.1, -0.05) is 0 Å². The van der Waals surface area contributed by atoms with Crippen molar-refractivity contribution in [2.24, 2.45) is 0 Å². The minimum Gasteiger partial charge on any atom is -0.462 e. The summed E-state index contributed by atoms with van der Waals surface area (Å²) in [7, 11) is 0. The fourth-order valence-electron chi connectivity index (χ4n) is 2.20. The summed E-state index contributed by atoms with van der Waals surface area (Å²) in [5, 5.41) is -1.34. The molecule has 2 aromatic rings. The van der Waals surface area contributed by atoms with Gasteiger partial charge in [0.2, 0.25) is 5.43 Å². The fourth-order valence-corrected chi connectivity index (χ4v) is 2.20. The average molecular weight is 333 g/mol. The molecule has 0 spiro atoms. The zero-order valence-electron chi connectivity index (χ0n) is 15.5. The first-order chi connectivity index (χ1) is 12.4. The third-order valence-corrected chi connectivity index (χ3v) is 3.29. The summed E-state index contributed by atoms with van der Waals surface area (Å²) in [4.78, 5) is 24.4. The van der Waals surface area contributed by atoms with Gasteiger partial charge < -0.3 is 9.30 Å². The molecular weight excluding hydrogens is 318 g/mol. The molecule has 1 heterocycles. The van der Waals surface area contributed by atoms with Crippen molar-refractivity contribution < 1.29 is 32.6 Å². The number of hydrogen-bond donors (Lipinski definition) is 0. The van der Waals surface area contributed by atoms with Crippen LogP contribution >= 0.6 is 0 Å². The number of benzene rings is 1. The highest BCUT2D eigenvalue weighted by atomic mass is 19.2. The molecule has 0 bridgehead atoms. The first kappa shape index (κ1) is 11.2. The van der Waals surface area contributed by atoms with Crippen LogP contribution in [0.5, 0.6) is 0 Å². The van der Waals surface area contributed by atoms with Crippen molar-refractivity contribution in [3.8, 4) is 0 Å². The molecule has 1 saturated carbocycles. The molecule has 0 radical (unpaired) electrons. The number of halogens is 4. The van der Waals surface area contributed by atoms with Crippen LogP contribution in [0.1, 0.15) is 41.6 Å². The Morgan fingerprint density at radius 1 is 1.26 bits per heavy atom. The molecule has 1 aliphatic rings. The van der Waals surface area contributed by atoms with Gasteiger partial charge in [0.25, 0.3) is 0 Å². The molecule has 1 aliphatic carbocycles. The van der Waals surface area contributed by atoms with Crippen molar-refractivity contribution in [3.63, 3.8) is 0 Å². The normalized spacial score (nSPS) is 21.3. The van der Waals surface area contributed by atoms with E-state index >= 15 is 0 Å². The van der Waals surface area contributed by atoms with Gasteiger partial charge in [0.05, 0.1) is 17.5 Å². The molecule has 0 unspecified atom stereocenters. The monoisotopic (exact) mass is 333 g/mol. The first-order valence-corrected chi connectivity index (χ1v) is 6.47. The number of carbonyl (C=O) groups excluding carboxylic acids is 1. The number of nitrogens with zero attached hydrogens (tertiary/aromatic N) is 1. The second-order valence-corrected chi connectivity index (χ2v) is 4.67. The van der Waals surface area contributed by atoms with E-state index in [-0.39, 0.29) is 6.61 Å². The Bertz CT molecular complexity index is 1040. The third kappa shape index (κ3) is 2.29. The highest BCUT2D eigenvalue weighted by molar-refractivity contribution is 5.94. The van der Waals surface area contributed by atoms with E-state index in [9.17, 15) is 27.2 Å². The Hall–Kier alpha value is -2.38. The lowest BCUT2D eigenvalue weighted by molar-refractivity contribution is 0.0524. The van der Waals surface area contributed by atoms with Gasteiger partial charge in [-0.15, -0.1) is 0 Å². The van der Waals surface area contributed by atoms with Gasteiger partial charge in [-0.2, -0.15) is 0 Å². The summed E-state index contributed by atoms with van der Waals surface area (Å²) in [6, 6.07) is -1.82. The molecule has 0 N–H and O–H groups in total. The van der Waals surface area contributed by atoms with Crippen LogP contribution < -0.4 is 5.43 Å². The zero-order chi connectivity index (χ0) is 20.5. The van der Waals surface area contributed by atoms with Crippen molar-refractivity contribution in [1.29, 1.82) is 0 Å². The van der Waals surface area contributed by atoms with Crippen LogP contribution in [0, 0.1) is 23.3 Å². The maximum absolute atomic E-state index is 14.3. The Kier molecular flexibility index (Phi) is 2.61. The molecule has 0 atom stereocenters. The Balaban J connectivity index is 2.49. The van der Waals surface area contributed by atoms with Crippen molar-refractivity contribution in [1.82, 2.24) is 4.57 Å². The Morgan fingerprint density at radius 3 is 2.43 bits per heavy atom. The van der Waals surface area contributed by atoms with E-state index in [1.165, 1.54) is 6.92 Å². The Labute approximate surface area is 132 Å². The molecule has 122 valence electrons. The van der Waals surface area contributed by atoms with Crippen LogP contribution in [0.3, 0.4) is 0 Å². The number of carbonyl (C=O) groups is 1. The highest BCUT2D eigenvalue weighted by Gasteiger charge is 2.32. The molecule has 0 saturated heterocycles. The van der Waals surface area contributed by atoms with Gasteiger partial charge in [-0.05, 0) is 19.7 Å². The summed E-state index contributed by atoms with van der Waals surface area (Å²) in [5.74, 6) is -9.90. The first-order valence-electron chi connectivity index (χ1n) is 8.47. The van der Waals surface area contributed by atoms with E-state index in [1.54, 1.807) is 0 Å². The smallest absolute Gasteiger partial charge is 0.343 e. The second kappa shape index (κ2) is 5.36. The summed E-state index contributed by atoms with van der Waals surface area (Å²) in [6.45, 7) is 1.20. The third-order valence-electron chi connectivity index (χ3n) is 3.29. The van der Waals surface area contributed by atoms with Crippen LogP contribution in [0.25, 0.3) is 10.9 Å². The largest absolute Gasteiger partial charge is 0.462 e. The van der Waals surface area contributed by atoms with Gasteiger partial charge in [0.15, 0.2) is 23.3 Å². The maximum Gasteiger partial charge on any atom is 0.343 e. The Morgan fingerprint density at radius 2 is 1.87 bits per heavy atom. The van der Waals surface area contributed by atoms with Gasteiger partial charge in [-0.25, -0.2) is 22.4 Å². The quantitative estimate of drug-likeness (QED) is 0.375. The van der Waals surface area contributed by atoms with Crippen LogP contribution in [0.2, 0.25) is 0 Å². The van der Waals surface area contributed by atoms with Gasteiger partial charge >= 0.3 is 5.97 Å². The van der Waals surface area contributed by atoms with E-state index in [4.69, 9.17) is 5.48 Å². The predicted molar refractivity (Wildman–Crippen MR) is 72.3 cm³/mol. The SMILES string of the molecule is [2H]C1([2H])C(n2cc(C(=O)OCC)c(=O)c3c(F)c(F)c(F)c(F)c32)C1([2H])[2H]. The standard InChI is InChI=1S/C15H11F4NO3/c1-2-23-15(22)7-5-20(6-3-4-6)13-8(14(7)21)9(16)10(17)11(18)12(13)19/h5-6H,2-4H2,1H3/i3D2,4D2. The number of pyridine rings is 1. The van der Waals surface area contributed by atoms with E-state index in [0.29, 0.717) is 10.8 Å². The van der Waals surface area contributed by atoms with Crippen molar-refractivity contribution in [2.45, 2.75) is 25.7 Å². The maximum atomic E-state index is 14.3. The molecule has 0 aliphatic heterocycles. The van der Waals surface area contributed by atoms with Crippen molar-refractivity contribution >= 4 is 16.9 Å². The van der Waals surface area contributed by atoms with Crippen LogP contribution in [-0.2, 0) is 4.74 Å². The molecule has 1 aromatic carbocycles. The van der Waals surface area contributed by atoms with E-state index in [2.05, 4.69) is 4.74 Å². The number of esters is 1. The summed E-state index contributed by atoms with van der Waals surface area (Å²) in [5.41, 5.74) is -3.57.